The monoisotopic (exact) mass is 296 g/mol. The van der Waals surface area contributed by atoms with Crippen molar-refractivity contribution in [3.05, 3.63) is 34.9 Å². The van der Waals surface area contributed by atoms with Crippen molar-refractivity contribution in [2.75, 3.05) is 26.8 Å². The molecule has 3 atom stereocenters. The van der Waals surface area contributed by atoms with Crippen molar-refractivity contribution in [1.29, 1.82) is 0 Å². The smallest absolute Gasteiger partial charge is 0.0508 e. The van der Waals surface area contributed by atoms with E-state index < -0.39 is 0 Å². The van der Waals surface area contributed by atoms with E-state index in [0.717, 1.165) is 36.8 Å². The highest BCUT2D eigenvalue weighted by Gasteiger charge is 2.26. The molecule has 0 aromatic heterocycles. The molecule has 2 N–H and O–H groups in total. The Morgan fingerprint density at radius 2 is 2.20 bits per heavy atom. The molecular formula is C16H25ClN2O. The molecule has 3 nitrogen and oxygen atoms in total. The first-order valence-corrected chi connectivity index (χ1v) is 7.75. The molecule has 1 saturated heterocycles. The lowest BCUT2D eigenvalue weighted by molar-refractivity contribution is 0.0344. The molecular weight excluding hydrogens is 272 g/mol. The number of halogens is 1. The van der Waals surface area contributed by atoms with Crippen molar-refractivity contribution in [2.24, 2.45) is 11.7 Å². The van der Waals surface area contributed by atoms with Crippen molar-refractivity contribution in [3.8, 4) is 0 Å². The molecule has 0 saturated carbocycles. The molecule has 0 spiro atoms. The standard InChI is InChI=1S/C16H25ClN2O/c1-12(18)16(14-7-3-4-8-15(14)17)19(2)10-13-6-5-9-20-11-13/h3-4,7-8,12-13,16H,5-6,9-11,18H2,1-2H3. The predicted molar refractivity (Wildman–Crippen MR) is 84.0 cm³/mol. The largest absolute Gasteiger partial charge is 0.381 e. The quantitative estimate of drug-likeness (QED) is 0.907. The minimum atomic E-state index is 0.0319. The van der Waals surface area contributed by atoms with Crippen LogP contribution in [-0.2, 0) is 4.74 Å². The highest BCUT2D eigenvalue weighted by molar-refractivity contribution is 6.31. The van der Waals surface area contributed by atoms with Crippen LogP contribution in [-0.4, -0.2) is 37.7 Å². The molecule has 3 unspecified atom stereocenters. The van der Waals surface area contributed by atoms with Crippen molar-refractivity contribution in [2.45, 2.75) is 31.8 Å². The summed E-state index contributed by atoms with van der Waals surface area (Å²) in [5, 5.41) is 0.793. The Kier molecular flexibility index (Phi) is 5.85. The summed E-state index contributed by atoms with van der Waals surface area (Å²) in [6.07, 6.45) is 2.39. The van der Waals surface area contributed by atoms with Crippen molar-refractivity contribution < 1.29 is 4.74 Å². The third-order valence-electron chi connectivity index (χ3n) is 4.00. The van der Waals surface area contributed by atoms with Crippen LogP contribution in [0.4, 0.5) is 0 Å². The fourth-order valence-corrected chi connectivity index (χ4v) is 3.36. The Morgan fingerprint density at radius 1 is 1.45 bits per heavy atom. The molecule has 0 aliphatic carbocycles. The van der Waals surface area contributed by atoms with Crippen LogP contribution in [0.2, 0.25) is 5.02 Å². The Bertz CT molecular complexity index is 419. The first-order valence-electron chi connectivity index (χ1n) is 7.37. The van der Waals surface area contributed by atoms with Gasteiger partial charge in [-0.15, -0.1) is 0 Å². The second-order valence-electron chi connectivity index (χ2n) is 5.85. The zero-order valence-electron chi connectivity index (χ0n) is 12.4. The van der Waals surface area contributed by atoms with E-state index >= 15 is 0 Å². The molecule has 4 heteroatoms. The summed E-state index contributed by atoms with van der Waals surface area (Å²) in [7, 11) is 2.13. The highest BCUT2D eigenvalue weighted by atomic mass is 35.5. The first kappa shape index (κ1) is 15.8. The maximum absolute atomic E-state index is 6.34. The number of nitrogens with zero attached hydrogens (tertiary/aromatic N) is 1. The van der Waals surface area contributed by atoms with E-state index in [1.165, 1.54) is 6.42 Å². The zero-order valence-corrected chi connectivity index (χ0v) is 13.1. The summed E-state index contributed by atoms with van der Waals surface area (Å²) in [6, 6.07) is 8.16. The maximum Gasteiger partial charge on any atom is 0.0508 e. The van der Waals surface area contributed by atoms with Crippen LogP contribution in [0, 0.1) is 5.92 Å². The Balaban J connectivity index is 2.09. The number of nitrogens with two attached hydrogens (primary N) is 1. The molecule has 0 amide bonds. The maximum atomic E-state index is 6.34. The molecule has 1 heterocycles. The van der Waals surface area contributed by atoms with Crippen LogP contribution >= 0.6 is 11.6 Å². The van der Waals surface area contributed by atoms with E-state index in [0.29, 0.717) is 5.92 Å². The van der Waals surface area contributed by atoms with Gasteiger partial charge >= 0.3 is 0 Å². The molecule has 0 radical (unpaired) electrons. The van der Waals surface area contributed by atoms with Crippen LogP contribution in [0.25, 0.3) is 0 Å². The van der Waals surface area contributed by atoms with E-state index in [4.69, 9.17) is 22.1 Å². The van der Waals surface area contributed by atoms with Gasteiger partial charge in [0.25, 0.3) is 0 Å². The molecule has 1 aromatic rings. The highest BCUT2D eigenvalue weighted by Crippen LogP contribution is 2.30. The number of rotatable bonds is 5. The third-order valence-corrected chi connectivity index (χ3v) is 4.34. The van der Waals surface area contributed by atoms with E-state index in [-0.39, 0.29) is 12.1 Å². The van der Waals surface area contributed by atoms with Gasteiger partial charge < -0.3 is 10.5 Å². The van der Waals surface area contributed by atoms with Crippen LogP contribution in [0.5, 0.6) is 0 Å². The fraction of sp³-hybridized carbons (Fsp3) is 0.625. The van der Waals surface area contributed by atoms with Crippen LogP contribution in [0.1, 0.15) is 31.4 Å². The average molecular weight is 297 g/mol. The van der Waals surface area contributed by atoms with E-state index in [9.17, 15) is 0 Å². The second kappa shape index (κ2) is 7.41. The van der Waals surface area contributed by atoms with Gasteiger partial charge in [0.2, 0.25) is 0 Å². The predicted octanol–water partition coefficient (Wildman–Crippen LogP) is 3.09. The van der Waals surface area contributed by atoms with Crippen LogP contribution in [0.3, 0.4) is 0 Å². The van der Waals surface area contributed by atoms with E-state index in [2.05, 4.69) is 18.0 Å². The minimum absolute atomic E-state index is 0.0319. The summed E-state index contributed by atoms with van der Waals surface area (Å²) in [5.74, 6) is 0.595. The van der Waals surface area contributed by atoms with Crippen molar-refractivity contribution >= 4 is 11.6 Å². The molecule has 0 bridgehead atoms. The normalized spacial score (nSPS) is 22.8. The topological polar surface area (TPSA) is 38.5 Å². The lowest BCUT2D eigenvalue weighted by atomic mass is 9.96. The van der Waals surface area contributed by atoms with Gasteiger partial charge in [-0.05, 0) is 44.4 Å². The average Bonchev–Trinajstić information content (AvgIpc) is 2.42. The minimum Gasteiger partial charge on any atom is -0.381 e. The summed E-state index contributed by atoms with van der Waals surface area (Å²) in [5.41, 5.74) is 7.33. The molecule has 112 valence electrons. The number of benzene rings is 1. The summed E-state index contributed by atoms with van der Waals surface area (Å²) in [6.45, 7) is 4.80. The number of ether oxygens (including phenoxy) is 1. The van der Waals surface area contributed by atoms with Gasteiger partial charge in [0.15, 0.2) is 0 Å². The molecule has 1 aromatic carbocycles. The number of hydrogen-bond donors (Lipinski definition) is 1. The number of likely N-dealkylation sites (N-methyl/N-ethyl adjacent to an activating group) is 1. The molecule has 2 rings (SSSR count). The Hall–Kier alpha value is -0.610. The molecule has 1 aliphatic heterocycles. The summed E-state index contributed by atoms with van der Waals surface area (Å²) < 4.78 is 5.57. The lowest BCUT2D eigenvalue weighted by Crippen LogP contribution is -2.41. The SMILES string of the molecule is CC(N)C(c1ccccc1Cl)N(C)CC1CCCOC1. The van der Waals surface area contributed by atoms with Gasteiger partial charge in [0.1, 0.15) is 0 Å². The van der Waals surface area contributed by atoms with Gasteiger partial charge in [0.05, 0.1) is 12.6 Å². The molecule has 20 heavy (non-hydrogen) atoms. The molecule has 1 fully saturated rings. The second-order valence-corrected chi connectivity index (χ2v) is 6.26. The van der Waals surface area contributed by atoms with Gasteiger partial charge in [-0.3, -0.25) is 4.90 Å². The summed E-state index contributed by atoms with van der Waals surface area (Å²) in [4.78, 5) is 2.32. The lowest BCUT2D eigenvalue weighted by Gasteiger charge is -2.35. The number of hydrogen-bond acceptors (Lipinski definition) is 3. The zero-order chi connectivity index (χ0) is 14.5. The van der Waals surface area contributed by atoms with E-state index in [1.807, 2.05) is 25.1 Å². The van der Waals surface area contributed by atoms with Crippen molar-refractivity contribution in [1.82, 2.24) is 4.90 Å². The van der Waals surface area contributed by atoms with Crippen LogP contribution in [0.15, 0.2) is 24.3 Å². The van der Waals surface area contributed by atoms with Gasteiger partial charge in [-0.1, -0.05) is 29.8 Å². The fourth-order valence-electron chi connectivity index (χ4n) is 3.11. The third kappa shape index (κ3) is 3.95. The van der Waals surface area contributed by atoms with Gasteiger partial charge in [-0.25, -0.2) is 0 Å². The Labute approximate surface area is 127 Å². The summed E-state index contributed by atoms with van der Waals surface area (Å²) >= 11 is 6.34. The van der Waals surface area contributed by atoms with Crippen LogP contribution < -0.4 is 5.73 Å². The van der Waals surface area contributed by atoms with Crippen molar-refractivity contribution in [3.63, 3.8) is 0 Å². The van der Waals surface area contributed by atoms with Gasteiger partial charge in [0, 0.05) is 24.2 Å². The van der Waals surface area contributed by atoms with E-state index in [1.54, 1.807) is 0 Å². The first-order chi connectivity index (χ1) is 9.59. The Morgan fingerprint density at radius 3 is 2.80 bits per heavy atom. The molecule has 1 aliphatic rings. The van der Waals surface area contributed by atoms with Gasteiger partial charge in [-0.2, -0.15) is 0 Å².